The lowest BCUT2D eigenvalue weighted by atomic mass is 10.1. The molecule has 0 saturated carbocycles. The number of hydrogen-bond donors (Lipinski definition) is 3. The first-order valence-electron chi connectivity index (χ1n) is 5.18. The number of carbonyl (C=O) groups is 1. The standard InChI is InChI=1S/C11H17N3O2/c1-7(2)10(6-15)14-11(16)9-4-3-8(12)5-13-9/h3-5,7,10,15H,6,12H2,1-2H3,(H,14,16)/t10-/m1/s1. The van der Waals surface area contributed by atoms with Gasteiger partial charge in [-0.2, -0.15) is 0 Å². The van der Waals surface area contributed by atoms with Gasteiger partial charge in [0.2, 0.25) is 0 Å². The van der Waals surface area contributed by atoms with E-state index in [1.54, 1.807) is 12.1 Å². The van der Waals surface area contributed by atoms with Gasteiger partial charge in [-0.15, -0.1) is 0 Å². The van der Waals surface area contributed by atoms with Crippen LogP contribution in [0.2, 0.25) is 0 Å². The Balaban J connectivity index is 2.68. The third kappa shape index (κ3) is 3.20. The topological polar surface area (TPSA) is 88.2 Å². The van der Waals surface area contributed by atoms with Gasteiger partial charge in [0.1, 0.15) is 5.69 Å². The van der Waals surface area contributed by atoms with E-state index in [9.17, 15) is 4.79 Å². The van der Waals surface area contributed by atoms with Crippen LogP contribution in [-0.4, -0.2) is 28.6 Å². The molecule has 0 fully saturated rings. The number of pyridine rings is 1. The van der Waals surface area contributed by atoms with Crippen LogP contribution in [0.5, 0.6) is 0 Å². The average molecular weight is 223 g/mol. The zero-order valence-electron chi connectivity index (χ0n) is 9.47. The lowest BCUT2D eigenvalue weighted by molar-refractivity contribution is 0.0892. The molecule has 1 heterocycles. The Hall–Kier alpha value is -1.62. The smallest absolute Gasteiger partial charge is 0.270 e. The summed E-state index contributed by atoms with van der Waals surface area (Å²) in [5.41, 5.74) is 6.28. The van der Waals surface area contributed by atoms with Crippen molar-refractivity contribution >= 4 is 11.6 Å². The number of nitrogens with two attached hydrogens (primary N) is 1. The summed E-state index contributed by atoms with van der Waals surface area (Å²) in [6.07, 6.45) is 1.43. The molecule has 0 spiro atoms. The maximum Gasteiger partial charge on any atom is 0.270 e. The Labute approximate surface area is 94.7 Å². The number of nitrogens with zero attached hydrogens (tertiary/aromatic N) is 1. The second-order valence-electron chi connectivity index (χ2n) is 3.98. The fraction of sp³-hybridized carbons (Fsp3) is 0.455. The second-order valence-corrected chi connectivity index (χ2v) is 3.98. The zero-order valence-corrected chi connectivity index (χ0v) is 9.47. The van der Waals surface area contributed by atoms with Crippen molar-refractivity contribution < 1.29 is 9.90 Å². The average Bonchev–Trinajstić information content (AvgIpc) is 2.26. The number of aliphatic hydroxyl groups excluding tert-OH is 1. The molecule has 0 aliphatic heterocycles. The molecule has 0 aromatic carbocycles. The van der Waals surface area contributed by atoms with Crippen LogP contribution in [-0.2, 0) is 0 Å². The van der Waals surface area contributed by atoms with Crippen LogP contribution >= 0.6 is 0 Å². The fourth-order valence-corrected chi connectivity index (χ4v) is 1.21. The van der Waals surface area contributed by atoms with Gasteiger partial charge in [0, 0.05) is 0 Å². The molecule has 5 nitrogen and oxygen atoms in total. The van der Waals surface area contributed by atoms with Crippen LogP contribution in [0, 0.1) is 5.92 Å². The summed E-state index contributed by atoms with van der Waals surface area (Å²) in [7, 11) is 0. The first-order valence-corrected chi connectivity index (χ1v) is 5.18. The van der Waals surface area contributed by atoms with Crippen LogP contribution in [0.15, 0.2) is 18.3 Å². The Morgan fingerprint density at radius 3 is 2.69 bits per heavy atom. The van der Waals surface area contributed by atoms with Crippen LogP contribution in [0.3, 0.4) is 0 Å². The van der Waals surface area contributed by atoms with Crippen molar-refractivity contribution in [3.63, 3.8) is 0 Å². The largest absolute Gasteiger partial charge is 0.397 e. The minimum Gasteiger partial charge on any atom is -0.397 e. The van der Waals surface area contributed by atoms with E-state index in [0.717, 1.165) is 0 Å². The van der Waals surface area contributed by atoms with Gasteiger partial charge in [0.25, 0.3) is 5.91 Å². The minimum absolute atomic E-state index is 0.0849. The maximum atomic E-state index is 11.7. The van der Waals surface area contributed by atoms with Gasteiger partial charge in [-0.25, -0.2) is 4.98 Å². The molecular weight excluding hydrogens is 206 g/mol. The molecule has 5 heteroatoms. The summed E-state index contributed by atoms with van der Waals surface area (Å²) in [6, 6.07) is 2.91. The van der Waals surface area contributed by atoms with Crippen LogP contribution < -0.4 is 11.1 Å². The maximum absolute atomic E-state index is 11.7. The number of amides is 1. The summed E-state index contributed by atoms with van der Waals surface area (Å²) in [5.74, 6) is -0.129. The van der Waals surface area contributed by atoms with Gasteiger partial charge in [-0.3, -0.25) is 4.79 Å². The number of carbonyl (C=O) groups excluding carboxylic acids is 1. The van der Waals surface area contributed by atoms with Crippen molar-refractivity contribution in [2.24, 2.45) is 5.92 Å². The van der Waals surface area contributed by atoms with Gasteiger partial charge in [-0.1, -0.05) is 13.8 Å². The summed E-state index contributed by atoms with van der Waals surface area (Å²) in [5, 5.41) is 11.8. The molecule has 4 N–H and O–H groups in total. The Kier molecular flexibility index (Phi) is 4.25. The molecule has 1 amide bonds. The molecule has 16 heavy (non-hydrogen) atoms. The third-order valence-electron chi connectivity index (χ3n) is 2.34. The van der Waals surface area contributed by atoms with E-state index in [1.165, 1.54) is 6.20 Å². The zero-order chi connectivity index (χ0) is 12.1. The number of rotatable bonds is 4. The monoisotopic (exact) mass is 223 g/mol. The van der Waals surface area contributed by atoms with E-state index in [4.69, 9.17) is 10.8 Å². The van der Waals surface area contributed by atoms with Crippen LogP contribution in [0.25, 0.3) is 0 Å². The number of aliphatic hydroxyl groups is 1. The van der Waals surface area contributed by atoms with E-state index in [0.29, 0.717) is 11.4 Å². The lowest BCUT2D eigenvalue weighted by Crippen LogP contribution is -2.41. The van der Waals surface area contributed by atoms with Crippen molar-refractivity contribution in [1.29, 1.82) is 0 Å². The van der Waals surface area contributed by atoms with Crippen molar-refractivity contribution in [3.8, 4) is 0 Å². The van der Waals surface area contributed by atoms with E-state index in [1.807, 2.05) is 13.8 Å². The molecule has 0 radical (unpaired) electrons. The van der Waals surface area contributed by atoms with Crippen LogP contribution in [0.1, 0.15) is 24.3 Å². The highest BCUT2D eigenvalue weighted by Crippen LogP contribution is 2.04. The summed E-state index contributed by atoms with van der Waals surface area (Å²) >= 11 is 0. The molecular formula is C11H17N3O2. The van der Waals surface area contributed by atoms with E-state index >= 15 is 0 Å². The number of aromatic nitrogens is 1. The summed E-state index contributed by atoms with van der Waals surface area (Å²) < 4.78 is 0. The van der Waals surface area contributed by atoms with Gasteiger partial charge < -0.3 is 16.2 Å². The number of nitrogens with one attached hydrogen (secondary N) is 1. The number of hydrogen-bond acceptors (Lipinski definition) is 4. The predicted molar refractivity (Wildman–Crippen MR) is 61.8 cm³/mol. The molecule has 1 aromatic rings. The van der Waals surface area contributed by atoms with Gasteiger partial charge >= 0.3 is 0 Å². The van der Waals surface area contributed by atoms with E-state index < -0.39 is 0 Å². The Morgan fingerprint density at radius 1 is 1.56 bits per heavy atom. The minimum atomic E-state index is -0.298. The molecule has 0 aliphatic carbocycles. The first kappa shape index (κ1) is 12.4. The fourth-order valence-electron chi connectivity index (χ4n) is 1.21. The normalized spacial score (nSPS) is 12.5. The SMILES string of the molecule is CC(C)[C@@H](CO)NC(=O)c1ccc(N)cn1. The first-order chi connectivity index (χ1) is 7.54. The second kappa shape index (κ2) is 5.46. The lowest BCUT2D eigenvalue weighted by Gasteiger charge is -2.19. The molecule has 0 saturated heterocycles. The van der Waals surface area contributed by atoms with E-state index in [2.05, 4.69) is 10.3 Å². The van der Waals surface area contributed by atoms with Gasteiger partial charge in [0.15, 0.2) is 0 Å². The van der Waals surface area contributed by atoms with Crippen molar-refractivity contribution in [3.05, 3.63) is 24.0 Å². The van der Waals surface area contributed by atoms with Crippen molar-refractivity contribution in [2.75, 3.05) is 12.3 Å². The molecule has 0 aliphatic rings. The molecule has 1 aromatic heterocycles. The number of anilines is 1. The highest BCUT2D eigenvalue weighted by molar-refractivity contribution is 5.92. The molecule has 0 bridgehead atoms. The Bertz CT molecular complexity index is 349. The summed E-state index contributed by atoms with van der Waals surface area (Å²) in [4.78, 5) is 15.6. The highest BCUT2D eigenvalue weighted by atomic mass is 16.3. The van der Waals surface area contributed by atoms with Crippen LogP contribution in [0.4, 0.5) is 5.69 Å². The third-order valence-corrected chi connectivity index (χ3v) is 2.34. The quantitative estimate of drug-likeness (QED) is 0.690. The molecule has 1 atom stereocenters. The Morgan fingerprint density at radius 2 is 2.25 bits per heavy atom. The molecule has 88 valence electrons. The molecule has 1 rings (SSSR count). The van der Waals surface area contributed by atoms with Gasteiger partial charge in [-0.05, 0) is 18.1 Å². The van der Waals surface area contributed by atoms with Gasteiger partial charge in [0.05, 0.1) is 24.5 Å². The highest BCUT2D eigenvalue weighted by Gasteiger charge is 2.16. The van der Waals surface area contributed by atoms with Crippen molar-refractivity contribution in [1.82, 2.24) is 10.3 Å². The van der Waals surface area contributed by atoms with Crippen molar-refractivity contribution in [2.45, 2.75) is 19.9 Å². The molecule has 0 unspecified atom stereocenters. The summed E-state index contributed by atoms with van der Waals surface area (Å²) in [6.45, 7) is 3.77. The predicted octanol–water partition coefficient (Wildman–Crippen LogP) is 0.411. The number of nitrogen functional groups attached to an aromatic ring is 1. The van der Waals surface area contributed by atoms with E-state index in [-0.39, 0.29) is 24.5 Å².